The third kappa shape index (κ3) is 3.15. The van der Waals surface area contributed by atoms with Gasteiger partial charge < -0.3 is 0 Å². The predicted molar refractivity (Wildman–Crippen MR) is 62.8 cm³/mol. The van der Waals surface area contributed by atoms with Crippen LogP contribution in [0, 0.1) is 5.41 Å². The number of Topliss-reactive ketones (excluding diaryl/α,β-unsaturated/α-hetero) is 2. The van der Waals surface area contributed by atoms with Crippen LogP contribution >= 0.6 is 0 Å². The van der Waals surface area contributed by atoms with Gasteiger partial charge in [0, 0.05) is 12.8 Å². The van der Waals surface area contributed by atoms with E-state index >= 15 is 0 Å². The second-order valence-electron chi connectivity index (χ2n) is 4.14. The van der Waals surface area contributed by atoms with E-state index in [1.165, 1.54) is 0 Å². The van der Waals surface area contributed by atoms with Crippen LogP contribution in [0.4, 0.5) is 0 Å². The normalized spacial score (nSPS) is 11.5. The van der Waals surface area contributed by atoms with Crippen molar-refractivity contribution in [2.75, 3.05) is 0 Å². The van der Waals surface area contributed by atoms with E-state index in [4.69, 9.17) is 0 Å². The van der Waals surface area contributed by atoms with Crippen LogP contribution in [0.2, 0.25) is 0 Å². The van der Waals surface area contributed by atoms with E-state index in [1.807, 2.05) is 27.7 Å². The predicted octanol–water partition coefficient (Wildman–Crippen LogP) is 3.53. The highest BCUT2D eigenvalue weighted by Crippen LogP contribution is 2.32. The lowest BCUT2D eigenvalue weighted by atomic mass is 9.72. The number of hydrogen-bond donors (Lipinski definition) is 0. The summed E-state index contributed by atoms with van der Waals surface area (Å²) in [7, 11) is 0. The van der Waals surface area contributed by atoms with Gasteiger partial charge in [-0.25, -0.2) is 0 Å². The Bertz CT molecular complexity index is 195. The first kappa shape index (κ1) is 14.3. The van der Waals surface area contributed by atoms with Gasteiger partial charge in [0.25, 0.3) is 0 Å². The van der Waals surface area contributed by atoms with Crippen LogP contribution in [0.5, 0.6) is 0 Å². The summed E-state index contributed by atoms with van der Waals surface area (Å²) < 4.78 is 0. The van der Waals surface area contributed by atoms with Crippen molar-refractivity contribution in [2.45, 2.75) is 66.2 Å². The van der Waals surface area contributed by atoms with E-state index in [1.54, 1.807) is 0 Å². The van der Waals surface area contributed by atoms with Gasteiger partial charge in [-0.15, -0.1) is 0 Å². The minimum atomic E-state index is -0.675. The van der Waals surface area contributed by atoms with E-state index in [-0.39, 0.29) is 11.6 Å². The van der Waals surface area contributed by atoms with E-state index in [0.29, 0.717) is 25.7 Å². The Kier molecular flexibility index (Phi) is 6.46. The zero-order valence-corrected chi connectivity index (χ0v) is 10.6. The Morgan fingerprint density at radius 2 is 1.13 bits per heavy atom. The summed E-state index contributed by atoms with van der Waals surface area (Å²) in [5, 5.41) is 0. The molecule has 0 amide bonds. The molecule has 0 aromatic heterocycles. The van der Waals surface area contributed by atoms with Crippen LogP contribution in [-0.4, -0.2) is 11.6 Å². The molecular formula is C13H24O2. The zero-order chi connectivity index (χ0) is 11.9. The summed E-state index contributed by atoms with van der Waals surface area (Å²) in [6.07, 6.45) is 4.05. The Hall–Kier alpha value is -0.660. The van der Waals surface area contributed by atoms with Gasteiger partial charge in [0.15, 0.2) is 0 Å². The molecule has 0 fully saturated rings. The molecule has 0 aliphatic heterocycles. The molecule has 0 rings (SSSR count). The fourth-order valence-electron chi connectivity index (χ4n) is 2.13. The Morgan fingerprint density at radius 1 is 0.800 bits per heavy atom. The van der Waals surface area contributed by atoms with Gasteiger partial charge in [0.1, 0.15) is 11.6 Å². The van der Waals surface area contributed by atoms with Crippen LogP contribution in [0.15, 0.2) is 0 Å². The molecule has 0 heterocycles. The van der Waals surface area contributed by atoms with Gasteiger partial charge in [0.2, 0.25) is 0 Å². The molecule has 0 saturated heterocycles. The van der Waals surface area contributed by atoms with Gasteiger partial charge in [-0.1, -0.05) is 27.7 Å². The molecule has 0 saturated carbocycles. The second-order valence-corrected chi connectivity index (χ2v) is 4.14. The topological polar surface area (TPSA) is 34.1 Å². The van der Waals surface area contributed by atoms with Crippen molar-refractivity contribution < 1.29 is 9.59 Å². The highest BCUT2D eigenvalue weighted by atomic mass is 16.2. The van der Waals surface area contributed by atoms with Gasteiger partial charge in [-0.2, -0.15) is 0 Å². The summed E-state index contributed by atoms with van der Waals surface area (Å²) >= 11 is 0. The number of carbonyl (C=O) groups excluding carboxylic acids is 2. The van der Waals surface area contributed by atoms with Crippen molar-refractivity contribution in [2.24, 2.45) is 5.41 Å². The molecule has 0 N–H and O–H groups in total. The summed E-state index contributed by atoms with van der Waals surface area (Å²) in [6.45, 7) is 7.87. The largest absolute Gasteiger partial charge is 0.299 e. The molecule has 15 heavy (non-hydrogen) atoms. The first-order valence-corrected chi connectivity index (χ1v) is 6.15. The zero-order valence-electron chi connectivity index (χ0n) is 10.6. The minimum Gasteiger partial charge on any atom is -0.299 e. The number of hydrogen-bond acceptors (Lipinski definition) is 2. The van der Waals surface area contributed by atoms with Crippen LogP contribution < -0.4 is 0 Å². The highest BCUT2D eigenvalue weighted by molar-refractivity contribution is 6.06. The van der Waals surface area contributed by atoms with E-state index in [2.05, 4.69) is 0 Å². The fourth-order valence-corrected chi connectivity index (χ4v) is 2.13. The van der Waals surface area contributed by atoms with Crippen molar-refractivity contribution in [3.63, 3.8) is 0 Å². The monoisotopic (exact) mass is 212 g/mol. The van der Waals surface area contributed by atoms with Crippen LogP contribution in [-0.2, 0) is 9.59 Å². The fraction of sp³-hybridized carbons (Fsp3) is 0.846. The van der Waals surface area contributed by atoms with Gasteiger partial charge in [-0.05, 0) is 25.7 Å². The Labute approximate surface area is 93.4 Å². The maximum Gasteiger partial charge on any atom is 0.146 e. The Morgan fingerprint density at radius 3 is 1.33 bits per heavy atom. The quantitative estimate of drug-likeness (QED) is 0.577. The number of carbonyl (C=O) groups is 2. The molecule has 0 aliphatic carbocycles. The van der Waals surface area contributed by atoms with Crippen molar-refractivity contribution in [1.82, 2.24) is 0 Å². The molecule has 0 bridgehead atoms. The van der Waals surface area contributed by atoms with Crippen molar-refractivity contribution in [3.8, 4) is 0 Å². The summed E-state index contributed by atoms with van der Waals surface area (Å²) in [4.78, 5) is 24.0. The molecule has 2 heteroatoms. The molecule has 2 nitrogen and oxygen atoms in total. The third-order valence-corrected chi connectivity index (χ3v) is 3.23. The molecule has 0 atom stereocenters. The molecule has 0 aromatic carbocycles. The summed E-state index contributed by atoms with van der Waals surface area (Å²) in [6, 6.07) is 0. The molecule has 0 unspecified atom stereocenters. The van der Waals surface area contributed by atoms with Crippen LogP contribution in [0.25, 0.3) is 0 Å². The van der Waals surface area contributed by atoms with Gasteiger partial charge in [-0.3, -0.25) is 9.59 Å². The molecule has 0 spiro atoms. The maximum atomic E-state index is 12.0. The summed E-state index contributed by atoms with van der Waals surface area (Å²) in [5.41, 5.74) is -0.675. The molecule has 0 radical (unpaired) electrons. The second kappa shape index (κ2) is 6.76. The average Bonchev–Trinajstić information content (AvgIpc) is 2.21. The maximum absolute atomic E-state index is 12.0. The van der Waals surface area contributed by atoms with Crippen molar-refractivity contribution in [3.05, 3.63) is 0 Å². The molecule has 88 valence electrons. The van der Waals surface area contributed by atoms with E-state index in [0.717, 1.165) is 12.8 Å². The first-order valence-electron chi connectivity index (χ1n) is 6.15. The number of ketones is 2. The van der Waals surface area contributed by atoms with Gasteiger partial charge >= 0.3 is 0 Å². The Balaban J connectivity index is 4.86. The lowest BCUT2D eigenvalue weighted by Gasteiger charge is -2.28. The van der Waals surface area contributed by atoms with E-state index in [9.17, 15) is 9.59 Å². The third-order valence-electron chi connectivity index (χ3n) is 3.23. The standard InChI is InChI=1S/C13H24O2/c1-5-9-11(14)13(7-3,8-4)12(15)10-6-2/h5-10H2,1-4H3. The lowest BCUT2D eigenvalue weighted by molar-refractivity contribution is -0.141. The van der Waals surface area contributed by atoms with Gasteiger partial charge in [0.05, 0.1) is 5.41 Å². The molecule has 0 aliphatic rings. The molecular weight excluding hydrogens is 188 g/mol. The lowest BCUT2D eigenvalue weighted by Crippen LogP contribution is -2.38. The SMILES string of the molecule is CCCC(=O)C(CC)(CC)C(=O)CCC. The van der Waals surface area contributed by atoms with Crippen LogP contribution in [0.3, 0.4) is 0 Å². The summed E-state index contributed by atoms with van der Waals surface area (Å²) in [5.74, 6) is 0.293. The molecule has 0 aromatic rings. The minimum absolute atomic E-state index is 0.147. The van der Waals surface area contributed by atoms with Crippen molar-refractivity contribution in [1.29, 1.82) is 0 Å². The average molecular weight is 212 g/mol. The van der Waals surface area contributed by atoms with Crippen LogP contribution in [0.1, 0.15) is 66.2 Å². The highest BCUT2D eigenvalue weighted by Gasteiger charge is 2.39. The van der Waals surface area contributed by atoms with E-state index < -0.39 is 5.41 Å². The number of rotatable bonds is 8. The van der Waals surface area contributed by atoms with Crippen molar-refractivity contribution >= 4 is 11.6 Å². The first-order chi connectivity index (χ1) is 7.08. The smallest absolute Gasteiger partial charge is 0.146 e.